The maximum Gasteiger partial charge on any atom is 0.416 e. The topological polar surface area (TPSA) is 71.3 Å². The van der Waals surface area contributed by atoms with Gasteiger partial charge in [0.15, 0.2) is 0 Å². The Kier molecular flexibility index (Phi) is 6.87. The van der Waals surface area contributed by atoms with Crippen molar-refractivity contribution < 1.29 is 32.3 Å². The van der Waals surface area contributed by atoms with Crippen molar-refractivity contribution >= 4 is 22.8 Å². The van der Waals surface area contributed by atoms with Gasteiger partial charge in [-0.25, -0.2) is 9.18 Å². The third-order valence-corrected chi connectivity index (χ3v) is 6.63. The van der Waals surface area contributed by atoms with Crippen LogP contribution in [0.1, 0.15) is 54.6 Å². The molecule has 0 aliphatic heterocycles. The summed E-state index contributed by atoms with van der Waals surface area (Å²) in [5, 5.41) is 13.4. The monoisotopic (exact) mass is 490 g/mol. The molecule has 9 heteroatoms. The average Bonchev–Trinajstić information content (AvgIpc) is 3.10. The van der Waals surface area contributed by atoms with Crippen LogP contribution in [0, 0.1) is 5.82 Å². The van der Waals surface area contributed by atoms with E-state index in [1.807, 2.05) is 0 Å². The van der Waals surface area contributed by atoms with E-state index in [1.54, 1.807) is 17.6 Å². The van der Waals surface area contributed by atoms with Crippen LogP contribution >= 0.6 is 0 Å². The fourth-order valence-corrected chi connectivity index (χ4v) is 4.93. The van der Waals surface area contributed by atoms with Gasteiger partial charge in [0.05, 0.1) is 5.56 Å². The predicted molar refractivity (Wildman–Crippen MR) is 123 cm³/mol. The van der Waals surface area contributed by atoms with Crippen LogP contribution in [0.4, 0.5) is 17.6 Å². The average molecular weight is 490 g/mol. The number of carbonyl (C=O) groups excluding carboxylic acids is 1. The maximum atomic E-state index is 14.1. The molecule has 0 fully saturated rings. The van der Waals surface area contributed by atoms with Crippen molar-refractivity contribution in [3.63, 3.8) is 0 Å². The zero-order chi connectivity index (χ0) is 25.3. The number of carboxylic acid groups (broad SMARTS) is 1. The number of rotatable bonds is 7. The normalized spacial score (nSPS) is 16.7. The minimum Gasteiger partial charge on any atom is -0.480 e. The lowest BCUT2D eigenvalue weighted by Crippen LogP contribution is -2.39. The van der Waals surface area contributed by atoms with E-state index in [0.717, 1.165) is 23.4 Å². The Labute approximate surface area is 199 Å². The van der Waals surface area contributed by atoms with Crippen molar-refractivity contribution in [2.45, 2.75) is 63.7 Å². The highest BCUT2D eigenvalue weighted by Crippen LogP contribution is 2.36. The molecule has 186 valence electrons. The Hall–Kier alpha value is -3.36. The zero-order valence-electron chi connectivity index (χ0n) is 19.2. The molecule has 1 aromatic heterocycles. The minimum atomic E-state index is -4.40. The molecule has 4 rings (SSSR count). The molecule has 3 aromatic rings. The van der Waals surface area contributed by atoms with Crippen LogP contribution < -0.4 is 5.32 Å². The van der Waals surface area contributed by atoms with Crippen molar-refractivity contribution in [1.29, 1.82) is 0 Å². The van der Waals surface area contributed by atoms with E-state index >= 15 is 0 Å². The number of carboxylic acids is 1. The standard InChI is InChI=1S/C26H26F4N2O3/c1-2-21(25(34)35)32-22-10-8-17(27)13-19(22)20-14-18(9-11-23(20)32)31-24(33)12-5-15-3-6-16(7-4-15)26(28,29)30/h3-4,6-8,10,13,18,21H,2,5,9,11-12,14H2,1H3,(H,31,33)(H,34,35). The first kappa shape index (κ1) is 24.8. The minimum absolute atomic E-state index is 0.127. The van der Waals surface area contributed by atoms with Gasteiger partial charge in [0.2, 0.25) is 5.91 Å². The summed E-state index contributed by atoms with van der Waals surface area (Å²) in [6.45, 7) is 1.79. The van der Waals surface area contributed by atoms with Gasteiger partial charge in [0, 0.05) is 29.1 Å². The van der Waals surface area contributed by atoms with Crippen molar-refractivity contribution in [2.75, 3.05) is 0 Å². The van der Waals surface area contributed by atoms with E-state index in [9.17, 15) is 32.3 Å². The molecule has 35 heavy (non-hydrogen) atoms. The van der Waals surface area contributed by atoms with Crippen LogP contribution in [0.2, 0.25) is 0 Å². The maximum absolute atomic E-state index is 14.1. The van der Waals surface area contributed by atoms with Crippen LogP contribution in [0.25, 0.3) is 10.9 Å². The SMILES string of the molecule is CCC(C(=O)O)n1c2c(c3cc(F)ccc31)CC(NC(=O)CCc1ccc(C(F)(F)F)cc1)CC2. The predicted octanol–water partition coefficient (Wildman–Crippen LogP) is 5.44. The van der Waals surface area contributed by atoms with Crippen LogP contribution in [0.5, 0.6) is 0 Å². The summed E-state index contributed by atoms with van der Waals surface area (Å²) in [5.74, 6) is -1.58. The number of halogens is 4. The molecular weight excluding hydrogens is 464 g/mol. The number of nitrogens with one attached hydrogen (secondary N) is 1. The third kappa shape index (κ3) is 5.18. The first-order valence-corrected chi connectivity index (χ1v) is 11.6. The Morgan fingerprint density at radius 2 is 1.89 bits per heavy atom. The molecule has 2 N–H and O–H groups in total. The van der Waals surface area contributed by atoms with E-state index in [1.165, 1.54) is 24.3 Å². The molecule has 1 amide bonds. The largest absolute Gasteiger partial charge is 0.480 e. The fourth-order valence-electron chi connectivity index (χ4n) is 4.93. The van der Waals surface area contributed by atoms with Crippen molar-refractivity contribution in [1.82, 2.24) is 9.88 Å². The summed E-state index contributed by atoms with van der Waals surface area (Å²) in [7, 11) is 0. The fraction of sp³-hybridized carbons (Fsp3) is 0.385. The number of aryl methyl sites for hydroxylation is 1. The molecule has 0 spiro atoms. The van der Waals surface area contributed by atoms with Gasteiger partial charge in [-0.15, -0.1) is 0 Å². The van der Waals surface area contributed by atoms with Crippen molar-refractivity contribution in [2.24, 2.45) is 0 Å². The summed E-state index contributed by atoms with van der Waals surface area (Å²) in [4.78, 5) is 24.4. The van der Waals surface area contributed by atoms with Crippen LogP contribution in [0.15, 0.2) is 42.5 Å². The van der Waals surface area contributed by atoms with Gasteiger partial charge >= 0.3 is 12.1 Å². The van der Waals surface area contributed by atoms with Gasteiger partial charge in [0.25, 0.3) is 0 Å². The van der Waals surface area contributed by atoms with Gasteiger partial charge in [-0.2, -0.15) is 13.2 Å². The lowest BCUT2D eigenvalue weighted by Gasteiger charge is -2.26. The molecule has 2 atom stereocenters. The van der Waals surface area contributed by atoms with Gasteiger partial charge in [-0.05, 0) is 73.6 Å². The molecule has 0 saturated carbocycles. The summed E-state index contributed by atoms with van der Waals surface area (Å²) < 4.78 is 54.0. The number of nitrogens with zero attached hydrogens (tertiary/aromatic N) is 1. The Balaban J connectivity index is 1.47. The summed E-state index contributed by atoms with van der Waals surface area (Å²) in [6.07, 6.45) is -1.99. The number of hydrogen-bond donors (Lipinski definition) is 2. The number of benzene rings is 2. The first-order valence-electron chi connectivity index (χ1n) is 11.6. The Morgan fingerprint density at radius 3 is 2.51 bits per heavy atom. The molecule has 0 saturated heterocycles. The quantitative estimate of drug-likeness (QED) is 0.433. The second kappa shape index (κ2) is 9.71. The number of carbonyl (C=O) groups is 2. The number of fused-ring (bicyclic) bond motifs is 3. The molecule has 1 aliphatic carbocycles. The Morgan fingerprint density at radius 1 is 1.17 bits per heavy atom. The van der Waals surface area contributed by atoms with Crippen molar-refractivity contribution in [3.8, 4) is 0 Å². The smallest absolute Gasteiger partial charge is 0.416 e. The molecule has 0 radical (unpaired) electrons. The van der Waals surface area contributed by atoms with Crippen LogP contribution in [0.3, 0.4) is 0 Å². The van der Waals surface area contributed by atoms with Crippen LogP contribution in [-0.2, 0) is 35.0 Å². The number of amides is 1. The van der Waals surface area contributed by atoms with Gasteiger partial charge in [-0.3, -0.25) is 4.79 Å². The first-order chi connectivity index (χ1) is 16.6. The molecule has 1 aliphatic rings. The second-order valence-corrected chi connectivity index (χ2v) is 8.92. The summed E-state index contributed by atoms with van der Waals surface area (Å²) in [6, 6.07) is 8.13. The molecule has 1 heterocycles. The lowest BCUT2D eigenvalue weighted by atomic mass is 9.91. The number of hydrogen-bond acceptors (Lipinski definition) is 2. The van der Waals surface area contributed by atoms with Gasteiger partial charge in [0.1, 0.15) is 11.9 Å². The summed E-state index contributed by atoms with van der Waals surface area (Å²) >= 11 is 0. The highest BCUT2D eigenvalue weighted by atomic mass is 19.4. The number of aromatic nitrogens is 1. The van der Waals surface area contributed by atoms with E-state index in [0.29, 0.717) is 48.6 Å². The number of aliphatic carboxylic acids is 1. The summed E-state index contributed by atoms with van der Waals surface area (Å²) in [5.41, 5.74) is 2.28. The molecule has 5 nitrogen and oxygen atoms in total. The highest BCUT2D eigenvalue weighted by molar-refractivity contribution is 5.88. The molecular formula is C26H26F4N2O3. The second-order valence-electron chi connectivity index (χ2n) is 8.92. The van der Waals surface area contributed by atoms with E-state index in [2.05, 4.69) is 5.32 Å². The van der Waals surface area contributed by atoms with Crippen molar-refractivity contribution in [3.05, 3.63) is 70.7 Å². The van der Waals surface area contributed by atoms with Gasteiger partial charge < -0.3 is 15.0 Å². The van der Waals surface area contributed by atoms with E-state index in [4.69, 9.17) is 0 Å². The van der Waals surface area contributed by atoms with E-state index in [-0.39, 0.29) is 18.4 Å². The van der Waals surface area contributed by atoms with Crippen LogP contribution in [-0.4, -0.2) is 27.6 Å². The highest BCUT2D eigenvalue weighted by Gasteiger charge is 2.31. The molecule has 0 bridgehead atoms. The van der Waals surface area contributed by atoms with E-state index < -0.39 is 29.6 Å². The number of alkyl halides is 3. The molecule has 2 unspecified atom stereocenters. The van der Waals surface area contributed by atoms with Gasteiger partial charge in [-0.1, -0.05) is 19.1 Å². The lowest BCUT2D eigenvalue weighted by molar-refractivity contribution is -0.141. The molecule has 2 aromatic carbocycles. The Bertz CT molecular complexity index is 1250. The zero-order valence-corrected chi connectivity index (χ0v) is 19.2. The third-order valence-electron chi connectivity index (χ3n) is 6.63.